The number of rotatable bonds is 5. The van der Waals surface area contributed by atoms with Crippen molar-refractivity contribution >= 4 is 11.6 Å². The predicted octanol–water partition coefficient (Wildman–Crippen LogP) is 1.85. The first-order valence-corrected chi connectivity index (χ1v) is 4.89. The third kappa shape index (κ3) is 3.03. The van der Waals surface area contributed by atoms with E-state index in [0.29, 0.717) is 6.54 Å². The monoisotopic (exact) mass is 231 g/mol. The van der Waals surface area contributed by atoms with E-state index >= 15 is 0 Å². The van der Waals surface area contributed by atoms with E-state index in [1.54, 1.807) is 7.11 Å². The van der Waals surface area contributed by atoms with E-state index < -0.39 is 11.6 Å². The molecule has 1 aromatic rings. The first kappa shape index (κ1) is 12.6. The Morgan fingerprint density at radius 3 is 2.56 bits per heavy atom. The molecule has 0 aliphatic rings. The molecule has 0 spiro atoms. The summed E-state index contributed by atoms with van der Waals surface area (Å²) in [5, 5.41) is 5.29. The highest BCUT2D eigenvalue weighted by molar-refractivity contribution is 5.47. The maximum Gasteiger partial charge on any atom is 0.168 e. The summed E-state index contributed by atoms with van der Waals surface area (Å²) in [5.74, 6) is -1.42. The second-order valence-corrected chi connectivity index (χ2v) is 3.33. The van der Waals surface area contributed by atoms with Gasteiger partial charge in [0, 0.05) is 26.8 Å². The van der Waals surface area contributed by atoms with E-state index in [2.05, 4.69) is 15.6 Å². The smallest absolute Gasteiger partial charge is 0.168 e. The molecule has 1 rings (SSSR count). The van der Waals surface area contributed by atoms with E-state index in [1.165, 1.54) is 7.05 Å². The van der Waals surface area contributed by atoms with Crippen molar-refractivity contribution in [2.75, 3.05) is 31.3 Å². The average molecular weight is 231 g/mol. The third-order valence-electron chi connectivity index (χ3n) is 2.13. The highest BCUT2D eigenvalue weighted by atomic mass is 19.1. The summed E-state index contributed by atoms with van der Waals surface area (Å²) in [4.78, 5) is 3.77. The zero-order chi connectivity index (χ0) is 12.1. The number of nitrogens with zero attached hydrogens (tertiary/aromatic N) is 1. The van der Waals surface area contributed by atoms with Crippen molar-refractivity contribution in [1.82, 2.24) is 4.98 Å². The van der Waals surface area contributed by atoms with Gasteiger partial charge in [-0.3, -0.25) is 0 Å². The average Bonchev–Trinajstić information content (AvgIpc) is 2.27. The highest BCUT2D eigenvalue weighted by Crippen LogP contribution is 2.18. The van der Waals surface area contributed by atoms with E-state index in [9.17, 15) is 8.78 Å². The van der Waals surface area contributed by atoms with Gasteiger partial charge in [-0.2, -0.15) is 0 Å². The lowest BCUT2D eigenvalue weighted by molar-refractivity contribution is 0.128. The van der Waals surface area contributed by atoms with Crippen LogP contribution in [-0.4, -0.2) is 31.8 Å². The highest BCUT2D eigenvalue weighted by Gasteiger charge is 2.11. The van der Waals surface area contributed by atoms with Crippen LogP contribution < -0.4 is 10.6 Å². The van der Waals surface area contributed by atoms with Crippen molar-refractivity contribution < 1.29 is 13.5 Å². The zero-order valence-corrected chi connectivity index (χ0v) is 9.47. The fraction of sp³-hybridized carbons (Fsp3) is 0.500. The van der Waals surface area contributed by atoms with Crippen LogP contribution in [0.5, 0.6) is 0 Å². The predicted molar refractivity (Wildman–Crippen MR) is 58.7 cm³/mol. The van der Waals surface area contributed by atoms with Crippen molar-refractivity contribution in [3.63, 3.8) is 0 Å². The SMILES string of the molecule is CNc1nc(NCC(C)OC)c(F)cc1F. The fourth-order valence-corrected chi connectivity index (χ4v) is 1.09. The summed E-state index contributed by atoms with van der Waals surface area (Å²) in [5.41, 5.74) is 0. The Balaban J connectivity index is 2.79. The van der Waals surface area contributed by atoms with Crippen LogP contribution >= 0.6 is 0 Å². The standard InChI is InChI=1S/C10H15F2N3O/c1-6(16-3)5-14-10-8(12)4-7(11)9(13-2)15-10/h4,6H,5H2,1-3H3,(H2,13,14,15). The Morgan fingerprint density at radius 1 is 1.38 bits per heavy atom. The largest absolute Gasteiger partial charge is 0.380 e. The van der Waals surface area contributed by atoms with Gasteiger partial charge in [-0.25, -0.2) is 13.8 Å². The number of hydrogen-bond acceptors (Lipinski definition) is 4. The Hall–Kier alpha value is -1.43. The molecule has 0 fully saturated rings. The summed E-state index contributed by atoms with van der Waals surface area (Å²) in [6.07, 6.45) is -0.0794. The van der Waals surface area contributed by atoms with Crippen LogP contribution in [0.15, 0.2) is 6.07 Å². The van der Waals surface area contributed by atoms with Crippen LogP contribution in [0.2, 0.25) is 0 Å². The molecule has 1 aromatic heterocycles. The first-order chi connectivity index (χ1) is 7.58. The molecule has 6 heteroatoms. The summed E-state index contributed by atoms with van der Waals surface area (Å²) >= 11 is 0. The Morgan fingerprint density at radius 2 is 2.00 bits per heavy atom. The molecule has 0 amide bonds. The van der Waals surface area contributed by atoms with Gasteiger partial charge in [0.15, 0.2) is 23.3 Å². The van der Waals surface area contributed by atoms with Crippen LogP contribution in [-0.2, 0) is 4.74 Å². The van der Waals surface area contributed by atoms with Gasteiger partial charge in [-0.05, 0) is 6.92 Å². The molecule has 1 unspecified atom stereocenters. The molecule has 0 aromatic carbocycles. The second kappa shape index (κ2) is 5.60. The van der Waals surface area contributed by atoms with Crippen molar-refractivity contribution in [1.29, 1.82) is 0 Å². The summed E-state index contributed by atoms with van der Waals surface area (Å²) in [7, 11) is 3.07. The van der Waals surface area contributed by atoms with Crippen LogP contribution in [0.1, 0.15) is 6.92 Å². The van der Waals surface area contributed by atoms with Crippen molar-refractivity contribution in [2.45, 2.75) is 13.0 Å². The molecule has 90 valence electrons. The van der Waals surface area contributed by atoms with Gasteiger partial charge in [-0.15, -0.1) is 0 Å². The van der Waals surface area contributed by atoms with Gasteiger partial charge >= 0.3 is 0 Å². The third-order valence-corrected chi connectivity index (χ3v) is 2.13. The van der Waals surface area contributed by atoms with E-state index in [1.807, 2.05) is 6.92 Å². The van der Waals surface area contributed by atoms with Crippen molar-refractivity contribution in [2.24, 2.45) is 0 Å². The zero-order valence-electron chi connectivity index (χ0n) is 9.47. The Bertz CT molecular complexity index is 360. The number of nitrogens with one attached hydrogen (secondary N) is 2. The minimum Gasteiger partial charge on any atom is -0.380 e. The molecule has 1 heterocycles. The minimum absolute atomic E-state index is 0.00831. The molecule has 0 radical (unpaired) electrons. The molecule has 4 nitrogen and oxygen atoms in total. The molecular formula is C10H15F2N3O. The normalized spacial score (nSPS) is 12.3. The van der Waals surface area contributed by atoms with E-state index in [0.717, 1.165) is 6.07 Å². The lowest BCUT2D eigenvalue weighted by Gasteiger charge is -2.12. The second-order valence-electron chi connectivity index (χ2n) is 3.33. The van der Waals surface area contributed by atoms with Crippen LogP contribution in [0.4, 0.5) is 20.4 Å². The fourth-order valence-electron chi connectivity index (χ4n) is 1.09. The molecule has 0 aliphatic carbocycles. The van der Waals surface area contributed by atoms with Gasteiger partial charge in [-0.1, -0.05) is 0 Å². The number of hydrogen-bond donors (Lipinski definition) is 2. The van der Waals surface area contributed by atoms with E-state index in [4.69, 9.17) is 4.74 Å². The number of methoxy groups -OCH3 is 1. The van der Waals surface area contributed by atoms with Gasteiger partial charge < -0.3 is 15.4 Å². The molecule has 16 heavy (non-hydrogen) atoms. The molecule has 0 saturated heterocycles. The lowest BCUT2D eigenvalue weighted by Crippen LogP contribution is -2.19. The quantitative estimate of drug-likeness (QED) is 0.811. The number of pyridine rings is 1. The number of halogens is 2. The van der Waals surface area contributed by atoms with Crippen LogP contribution in [0.25, 0.3) is 0 Å². The number of anilines is 2. The Labute approximate surface area is 93.0 Å². The van der Waals surface area contributed by atoms with Crippen molar-refractivity contribution in [3.05, 3.63) is 17.7 Å². The number of aromatic nitrogens is 1. The topological polar surface area (TPSA) is 46.2 Å². The molecule has 0 aliphatic heterocycles. The molecule has 0 saturated carbocycles. The molecule has 1 atom stereocenters. The van der Waals surface area contributed by atoms with Gasteiger partial charge in [0.1, 0.15) is 0 Å². The van der Waals surface area contributed by atoms with Crippen molar-refractivity contribution in [3.8, 4) is 0 Å². The maximum atomic E-state index is 13.3. The molecule has 2 N–H and O–H groups in total. The minimum atomic E-state index is -0.722. The van der Waals surface area contributed by atoms with Gasteiger partial charge in [0.05, 0.1) is 6.10 Å². The molecule has 0 bridgehead atoms. The first-order valence-electron chi connectivity index (χ1n) is 4.89. The van der Waals surface area contributed by atoms with Gasteiger partial charge in [0.25, 0.3) is 0 Å². The summed E-state index contributed by atoms with van der Waals surface area (Å²) in [6, 6.07) is 0.790. The summed E-state index contributed by atoms with van der Waals surface area (Å²) in [6.45, 7) is 2.22. The lowest BCUT2D eigenvalue weighted by atomic mass is 10.3. The van der Waals surface area contributed by atoms with Crippen LogP contribution in [0, 0.1) is 11.6 Å². The van der Waals surface area contributed by atoms with Crippen LogP contribution in [0.3, 0.4) is 0 Å². The summed E-state index contributed by atoms with van der Waals surface area (Å²) < 4.78 is 31.4. The number of ether oxygens (including phenoxy) is 1. The molecular weight excluding hydrogens is 216 g/mol. The Kier molecular flexibility index (Phi) is 4.42. The van der Waals surface area contributed by atoms with Gasteiger partial charge in [0.2, 0.25) is 0 Å². The van der Waals surface area contributed by atoms with E-state index in [-0.39, 0.29) is 17.7 Å². The maximum absolute atomic E-state index is 13.3.